The average Bonchev–Trinajstić information content (AvgIpc) is 2.13. The van der Waals surface area contributed by atoms with Gasteiger partial charge in [0.1, 0.15) is 0 Å². The molecular formula is C8H18N2O4S2. The average molecular weight is 270 g/mol. The summed E-state index contributed by atoms with van der Waals surface area (Å²) in [5.41, 5.74) is 0. The molecule has 0 aromatic carbocycles. The Balaban J connectivity index is 2.52. The van der Waals surface area contributed by atoms with Gasteiger partial charge in [-0.05, 0) is 18.8 Å². The van der Waals surface area contributed by atoms with Crippen molar-refractivity contribution in [2.45, 2.75) is 12.8 Å². The second-order valence-corrected chi connectivity index (χ2v) is 8.07. The number of nitrogens with zero attached hydrogens (tertiary/aromatic N) is 1. The SMILES string of the molecule is CS(=O)(=O)NCC1CCCN(S(C)(=O)=O)C1. The van der Waals surface area contributed by atoms with Gasteiger partial charge in [0.2, 0.25) is 20.0 Å². The summed E-state index contributed by atoms with van der Waals surface area (Å²) < 4.78 is 48.3. The highest BCUT2D eigenvalue weighted by Crippen LogP contribution is 2.17. The molecule has 1 saturated heterocycles. The minimum absolute atomic E-state index is 0.0678. The lowest BCUT2D eigenvalue weighted by molar-refractivity contribution is 0.268. The maximum Gasteiger partial charge on any atom is 0.211 e. The first-order valence-electron chi connectivity index (χ1n) is 5.08. The number of rotatable bonds is 4. The number of sulfonamides is 2. The van der Waals surface area contributed by atoms with Crippen LogP contribution in [0.25, 0.3) is 0 Å². The van der Waals surface area contributed by atoms with E-state index in [1.165, 1.54) is 10.6 Å². The van der Waals surface area contributed by atoms with Gasteiger partial charge >= 0.3 is 0 Å². The molecule has 1 unspecified atom stereocenters. The van der Waals surface area contributed by atoms with E-state index in [1.807, 2.05) is 0 Å². The highest BCUT2D eigenvalue weighted by molar-refractivity contribution is 7.88. The summed E-state index contributed by atoms with van der Waals surface area (Å²) in [6.45, 7) is 1.25. The van der Waals surface area contributed by atoms with Gasteiger partial charge in [0.25, 0.3) is 0 Å². The van der Waals surface area contributed by atoms with Gasteiger partial charge < -0.3 is 0 Å². The zero-order chi connectivity index (χ0) is 12.4. The Bertz CT molecular complexity index is 429. The topological polar surface area (TPSA) is 83.6 Å². The molecule has 1 N–H and O–H groups in total. The fourth-order valence-corrected chi connectivity index (χ4v) is 3.24. The predicted molar refractivity (Wildman–Crippen MR) is 62.0 cm³/mol. The molecule has 0 saturated carbocycles. The second-order valence-electron chi connectivity index (χ2n) is 4.25. The van der Waals surface area contributed by atoms with E-state index in [0.29, 0.717) is 19.6 Å². The summed E-state index contributed by atoms with van der Waals surface area (Å²) in [5.74, 6) is 0.0678. The van der Waals surface area contributed by atoms with Crippen molar-refractivity contribution in [3.05, 3.63) is 0 Å². The lowest BCUT2D eigenvalue weighted by Gasteiger charge is -2.30. The van der Waals surface area contributed by atoms with Gasteiger partial charge in [0.05, 0.1) is 12.5 Å². The molecule has 1 aliphatic rings. The van der Waals surface area contributed by atoms with Crippen LogP contribution in [-0.2, 0) is 20.0 Å². The molecule has 8 heteroatoms. The Morgan fingerprint density at radius 2 is 1.88 bits per heavy atom. The van der Waals surface area contributed by atoms with Crippen molar-refractivity contribution in [2.24, 2.45) is 5.92 Å². The van der Waals surface area contributed by atoms with Crippen LogP contribution in [0.4, 0.5) is 0 Å². The first-order chi connectivity index (χ1) is 7.18. The van der Waals surface area contributed by atoms with Crippen molar-refractivity contribution in [3.63, 3.8) is 0 Å². The summed E-state index contributed by atoms with van der Waals surface area (Å²) in [6.07, 6.45) is 3.92. The minimum atomic E-state index is -3.19. The van der Waals surface area contributed by atoms with Crippen molar-refractivity contribution < 1.29 is 16.8 Å². The van der Waals surface area contributed by atoms with Crippen LogP contribution in [-0.4, -0.2) is 53.3 Å². The third-order valence-corrected chi connectivity index (χ3v) is 4.55. The summed E-state index contributed by atoms with van der Waals surface area (Å²) in [7, 11) is -6.35. The lowest BCUT2D eigenvalue weighted by Crippen LogP contribution is -2.43. The van der Waals surface area contributed by atoms with Crippen molar-refractivity contribution >= 4 is 20.0 Å². The van der Waals surface area contributed by atoms with E-state index in [1.54, 1.807) is 0 Å². The summed E-state index contributed by atoms with van der Waals surface area (Å²) in [4.78, 5) is 0. The van der Waals surface area contributed by atoms with E-state index in [2.05, 4.69) is 4.72 Å². The summed E-state index contributed by atoms with van der Waals surface area (Å²) in [6, 6.07) is 0. The normalized spacial score (nSPS) is 24.5. The van der Waals surface area contributed by atoms with Gasteiger partial charge in [0, 0.05) is 19.6 Å². The van der Waals surface area contributed by atoms with Gasteiger partial charge in [-0.25, -0.2) is 25.9 Å². The lowest BCUT2D eigenvalue weighted by atomic mass is 10.0. The molecule has 16 heavy (non-hydrogen) atoms. The monoisotopic (exact) mass is 270 g/mol. The molecule has 0 aromatic rings. The number of hydrogen-bond donors (Lipinski definition) is 1. The molecule has 0 radical (unpaired) electrons. The van der Waals surface area contributed by atoms with Gasteiger partial charge in [-0.2, -0.15) is 0 Å². The molecule has 1 heterocycles. The number of nitrogens with one attached hydrogen (secondary N) is 1. The minimum Gasteiger partial charge on any atom is -0.215 e. The molecular weight excluding hydrogens is 252 g/mol. The Hall–Kier alpha value is -0.180. The largest absolute Gasteiger partial charge is 0.215 e. The predicted octanol–water partition coefficient (Wildman–Crippen LogP) is -0.793. The molecule has 0 aliphatic carbocycles. The molecule has 1 rings (SSSR count). The zero-order valence-electron chi connectivity index (χ0n) is 9.51. The molecule has 0 amide bonds. The van der Waals surface area contributed by atoms with E-state index in [-0.39, 0.29) is 5.92 Å². The summed E-state index contributed by atoms with van der Waals surface area (Å²) >= 11 is 0. The maximum absolute atomic E-state index is 11.3. The van der Waals surface area contributed by atoms with Crippen molar-refractivity contribution in [3.8, 4) is 0 Å². The van der Waals surface area contributed by atoms with Crippen LogP contribution in [0.5, 0.6) is 0 Å². The Kier molecular flexibility index (Phi) is 4.33. The second kappa shape index (κ2) is 4.99. The van der Waals surface area contributed by atoms with Gasteiger partial charge in [-0.1, -0.05) is 0 Å². The smallest absolute Gasteiger partial charge is 0.211 e. The highest BCUT2D eigenvalue weighted by Gasteiger charge is 2.26. The van der Waals surface area contributed by atoms with Crippen LogP contribution < -0.4 is 4.72 Å². The van der Waals surface area contributed by atoms with Crippen LogP contribution in [0.3, 0.4) is 0 Å². The van der Waals surface area contributed by atoms with Crippen LogP contribution in [0.15, 0.2) is 0 Å². The van der Waals surface area contributed by atoms with Crippen LogP contribution in [0.1, 0.15) is 12.8 Å². The fraction of sp³-hybridized carbons (Fsp3) is 1.00. The molecule has 1 aliphatic heterocycles. The molecule has 96 valence electrons. The van der Waals surface area contributed by atoms with Gasteiger partial charge in [-0.3, -0.25) is 0 Å². The van der Waals surface area contributed by atoms with E-state index in [0.717, 1.165) is 19.1 Å². The van der Waals surface area contributed by atoms with Gasteiger partial charge in [-0.15, -0.1) is 0 Å². The van der Waals surface area contributed by atoms with Crippen molar-refractivity contribution in [2.75, 3.05) is 32.1 Å². The molecule has 6 nitrogen and oxygen atoms in total. The number of piperidine rings is 1. The third kappa shape index (κ3) is 4.77. The third-order valence-electron chi connectivity index (χ3n) is 2.58. The van der Waals surface area contributed by atoms with E-state index >= 15 is 0 Å². The van der Waals surface area contributed by atoms with E-state index in [4.69, 9.17) is 0 Å². The molecule has 1 fully saturated rings. The molecule has 0 bridgehead atoms. The standard InChI is InChI=1S/C8H18N2O4S2/c1-15(11,12)9-6-8-4-3-5-10(7-8)16(2,13)14/h8-9H,3-7H2,1-2H3. The molecule has 0 aromatic heterocycles. The van der Waals surface area contributed by atoms with E-state index in [9.17, 15) is 16.8 Å². The zero-order valence-corrected chi connectivity index (χ0v) is 11.1. The Morgan fingerprint density at radius 3 is 2.38 bits per heavy atom. The van der Waals surface area contributed by atoms with Crippen LogP contribution >= 0.6 is 0 Å². The first-order valence-corrected chi connectivity index (χ1v) is 8.82. The first kappa shape index (κ1) is 13.9. The van der Waals surface area contributed by atoms with Crippen LogP contribution in [0, 0.1) is 5.92 Å². The van der Waals surface area contributed by atoms with E-state index < -0.39 is 20.0 Å². The van der Waals surface area contributed by atoms with Crippen molar-refractivity contribution in [1.82, 2.24) is 9.03 Å². The maximum atomic E-state index is 11.3. The molecule has 1 atom stereocenters. The van der Waals surface area contributed by atoms with Gasteiger partial charge in [0.15, 0.2) is 0 Å². The van der Waals surface area contributed by atoms with Crippen molar-refractivity contribution in [1.29, 1.82) is 0 Å². The van der Waals surface area contributed by atoms with Crippen LogP contribution in [0.2, 0.25) is 0 Å². The highest BCUT2D eigenvalue weighted by atomic mass is 32.2. The Morgan fingerprint density at radius 1 is 1.25 bits per heavy atom. The molecule has 0 spiro atoms. The Labute approximate surface area is 97.1 Å². The quantitative estimate of drug-likeness (QED) is 0.725. The number of hydrogen-bond acceptors (Lipinski definition) is 4. The fourth-order valence-electron chi connectivity index (χ4n) is 1.76. The summed E-state index contributed by atoms with van der Waals surface area (Å²) in [5, 5.41) is 0.